The van der Waals surface area contributed by atoms with E-state index in [1.807, 2.05) is 0 Å². The number of furan rings is 1. The van der Waals surface area contributed by atoms with Gasteiger partial charge >= 0.3 is 0 Å². The van der Waals surface area contributed by atoms with Crippen LogP contribution in [0.5, 0.6) is 0 Å². The summed E-state index contributed by atoms with van der Waals surface area (Å²) in [6, 6.07) is 3.19. The van der Waals surface area contributed by atoms with Gasteiger partial charge in [-0.25, -0.2) is 12.7 Å². The third-order valence-corrected chi connectivity index (χ3v) is 4.92. The van der Waals surface area contributed by atoms with Crippen molar-refractivity contribution >= 4 is 10.0 Å². The van der Waals surface area contributed by atoms with Gasteiger partial charge in [-0.2, -0.15) is 0 Å². The average Bonchev–Trinajstić information content (AvgIpc) is 2.78. The number of hydrogen-bond acceptors (Lipinski definition) is 4. The van der Waals surface area contributed by atoms with E-state index < -0.39 is 10.0 Å². The second kappa shape index (κ2) is 6.07. The molecule has 0 aliphatic heterocycles. The van der Waals surface area contributed by atoms with E-state index in [9.17, 15) is 8.42 Å². The van der Waals surface area contributed by atoms with Crippen molar-refractivity contribution in [3.63, 3.8) is 0 Å². The van der Waals surface area contributed by atoms with Crippen molar-refractivity contribution in [3.05, 3.63) is 17.9 Å². The maximum absolute atomic E-state index is 11.8. The molecule has 1 N–H and O–H groups in total. The standard InChI is InChI=1S/C13H24N2O3S/c1-6-13(2,3)10-14-9-11-7-8-12(18-11)19(16,17)15(4)5/h7-8,14H,6,9-10H2,1-5H3. The Hall–Kier alpha value is -0.850. The van der Waals surface area contributed by atoms with E-state index in [2.05, 4.69) is 26.1 Å². The Morgan fingerprint density at radius 1 is 1.32 bits per heavy atom. The van der Waals surface area contributed by atoms with Crippen LogP contribution in [0.4, 0.5) is 0 Å². The molecule has 1 aromatic heterocycles. The summed E-state index contributed by atoms with van der Waals surface area (Å²) in [4.78, 5) is 0. The Morgan fingerprint density at radius 2 is 1.95 bits per heavy atom. The molecule has 0 aromatic carbocycles. The van der Waals surface area contributed by atoms with Crippen LogP contribution in [0.3, 0.4) is 0 Å². The molecule has 0 saturated carbocycles. The third-order valence-electron chi connectivity index (χ3n) is 3.23. The first-order chi connectivity index (χ1) is 8.69. The lowest BCUT2D eigenvalue weighted by atomic mass is 9.90. The van der Waals surface area contributed by atoms with Gasteiger partial charge in [0, 0.05) is 20.6 Å². The summed E-state index contributed by atoms with van der Waals surface area (Å²) in [7, 11) is -0.504. The monoisotopic (exact) mass is 288 g/mol. The fourth-order valence-electron chi connectivity index (χ4n) is 1.42. The first kappa shape index (κ1) is 16.2. The summed E-state index contributed by atoms with van der Waals surface area (Å²) in [6.07, 6.45) is 1.08. The molecular formula is C13H24N2O3S. The van der Waals surface area contributed by atoms with Crippen molar-refractivity contribution in [1.29, 1.82) is 0 Å². The van der Waals surface area contributed by atoms with Gasteiger partial charge in [-0.1, -0.05) is 20.8 Å². The second-order valence-electron chi connectivity index (χ2n) is 5.63. The molecule has 0 aliphatic carbocycles. The van der Waals surface area contributed by atoms with Gasteiger partial charge in [0.15, 0.2) is 0 Å². The molecule has 19 heavy (non-hydrogen) atoms. The molecule has 1 rings (SSSR count). The van der Waals surface area contributed by atoms with Crippen LogP contribution in [-0.2, 0) is 16.6 Å². The third kappa shape index (κ3) is 4.33. The molecule has 1 aromatic rings. The van der Waals surface area contributed by atoms with E-state index in [1.54, 1.807) is 6.07 Å². The molecule has 0 atom stereocenters. The van der Waals surface area contributed by atoms with Crippen molar-refractivity contribution < 1.29 is 12.8 Å². The van der Waals surface area contributed by atoms with Crippen LogP contribution < -0.4 is 5.32 Å². The topological polar surface area (TPSA) is 62.6 Å². The predicted octanol–water partition coefficient (Wildman–Crippen LogP) is 2.06. The Bertz CT molecular complexity index is 504. The summed E-state index contributed by atoms with van der Waals surface area (Å²) in [5.41, 5.74) is 0.227. The van der Waals surface area contributed by atoms with Gasteiger partial charge in [-0.15, -0.1) is 0 Å². The minimum Gasteiger partial charge on any atom is -0.447 e. The van der Waals surface area contributed by atoms with Crippen molar-refractivity contribution in [2.24, 2.45) is 5.41 Å². The summed E-state index contributed by atoms with van der Waals surface area (Å²) >= 11 is 0. The number of nitrogens with one attached hydrogen (secondary N) is 1. The maximum Gasteiger partial charge on any atom is 0.275 e. The highest BCUT2D eigenvalue weighted by Gasteiger charge is 2.21. The molecule has 110 valence electrons. The van der Waals surface area contributed by atoms with Crippen molar-refractivity contribution in [1.82, 2.24) is 9.62 Å². The zero-order chi connectivity index (χ0) is 14.7. The lowest BCUT2D eigenvalue weighted by molar-refractivity contribution is 0.315. The van der Waals surface area contributed by atoms with Crippen molar-refractivity contribution in [3.8, 4) is 0 Å². The minimum atomic E-state index is -3.48. The van der Waals surface area contributed by atoms with E-state index >= 15 is 0 Å². The zero-order valence-electron chi connectivity index (χ0n) is 12.4. The Labute approximate surface area is 116 Å². The van der Waals surface area contributed by atoms with Gasteiger partial charge in [-0.3, -0.25) is 0 Å². The lowest BCUT2D eigenvalue weighted by Gasteiger charge is -2.22. The normalized spacial score (nSPS) is 13.2. The molecule has 5 nitrogen and oxygen atoms in total. The minimum absolute atomic E-state index is 0.0101. The van der Waals surface area contributed by atoms with Crippen molar-refractivity contribution in [2.45, 2.75) is 38.8 Å². The molecule has 0 bridgehead atoms. The second-order valence-corrected chi connectivity index (χ2v) is 7.71. The predicted molar refractivity (Wildman–Crippen MR) is 75.4 cm³/mol. The quantitative estimate of drug-likeness (QED) is 0.834. The first-order valence-corrected chi connectivity index (χ1v) is 7.85. The fourth-order valence-corrected chi connectivity index (χ4v) is 2.23. The molecule has 1 heterocycles. The highest BCUT2D eigenvalue weighted by molar-refractivity contribution is 7.88. The molecule has 0 saturated heterocycles. The molecule has 6 heteroatoms. The van der Waals surface area contributed by atoms with Crippen LogP contribution in [0.2, 0.25) is 0 Å². The molecule has 0 fully saturated rings. The maximum atomic E-state index is 11.8. The number of sulfonamides is 1. The van der Waals surface area contributed by atoms with Gasteiger partial charge in [0.25, 0.3) is 10.0 Å². The molecule has 0 unspecified atom stereocenters. The highest BCUT2D eigenvalue weighted by Crippen LogP contribution is 2.19. The Kier molecular flexibility index (Phi) is 5.18. The number of rotatable bonds is 7. The number of hydrogen-bond donors (Lipinski definition) is 1. The van der Waals surface area contributed by atoms with Crippen LogP contribution in [0.15, 0.2) is 21.6 Å². The average molecular weight is 288 g/mol. The summed E-state index contributed by atoms with van der Waals surface area (Å²) in [6.45, 7) is 7.91. The molecule has 0 radical (unpaired) electrons. The van der Waals surface area contributed by atoms with Crippen LogP contribution in [0.1, 0.15) is 33.0 Å². The van der Waals surface area contributed by atoms with E-state index in [1.165, 1.54) is 20.2 Å². The summed E-state index contributed by atoms with van der Waals surface area (Å²) in [5, 5.41) is 3.27. The van der Waals surface area contributed by atoms with E-state index in [4.69, 9.17) is 4.42 Å². The van der Waals surface area contributed by atoms with Crippen LogP contribution in [-0.4, -0.2) is 33.4 Å². The van der Waals surface area contributed by atoms with Gasteiger partial charge in [-0.05, 0) is 24.0 Å². The van der Waals surface area contributed by atoms with Crippen LogP contribution >= 0.6 is 0 Å². The fraction of sp³-hybridized carbons (Fsp3) is 0.692. The molecule has 0 aliphatic rings. The van der Waals surface area contributed by atoms with E-state index in [0.717, 1.165) is 17.3 Å². The van der Waals surface area contributed by atoms with Gasteiger partial charge in [0.1, 0.15) is 5.76 Å². The summed E-state index contributed by atoms with van der Waals surface area (Å²) < 4.78 is 30.2. The van der Waals surface area contributed by atoms with Gasteiger partial charge < -0.3 is 9.73 Å². The lowest BCUT2D eigenvalue weighted by Crippen LogP contribution is -2.28. The Morgan fingerprint density at radius 3 is 2.47 bits per heavy atom. The SMILES string of the molecule is CCC(C)(C)CNCc1ccc(S(=O)(=O)N(C)C)o1. The van der Waals surface area contributed by atoms with Gasteiger partial charge in [0.05, 0.1) is 6.54 Å². The molecular weight excluding hydrogens is 264 g/mol. The number of nitrogens with zero attached hydrogens (tertiary/aromatic N) is 1. The van der Waals surface area contributed by atoms with Crippen LogP contribution in [0, 0.1) is 5.41 Å². The van der Waals surface area contributed by atoms with E-state index in [0.29, 0.717) is 12.3 Å². The Balaban J connectivity index is 2.62. The molecule has 0 amide bonds. The smallest absolute Gasteiger partial charge is 0.275 e. The highest BCUT2D eigenvalue weighted by atomic mass is 32.2. The zero-order valence-corrected chi connectivity index (χ0v) is 13.2. The van der Waals surface area contributed by atoms with E-state index in [-0.39, 0.29) is 10.5 Å². The summed E-state index contributed by atoms with van der Waals surface area (Å²) in [5.74, 6) is 0.632. The largest absolute Gasteiger partial charge is 0.447 e. The van der Waals surface area contributed by atoms with Crippen molar-refractivity contribution in [2.75, 3.05) is 20.6 Å². The first-order valence-electron chi connectivity index (χ1n) is 6.41. The van der Waals surface area contributed by atoms with Gasteiger partial charge in [0.2, 0.25) is 5.09 Å². The molecule has 0 spiro atoms. The van der Waals surface area contributed by atoms with Crippen LogP contribution in [0.25, 0.3) is 0 Å².